The third-order valence-electron chi connectivity index (χ3n) is 3.85. The van der Waals surface area contributed by atoms with Crippen LogP contribution >= 0.6 is 0 Å². The maximum Gasteiger partial charge on any atom is 0.297 e. The van der Waals surface area contributed by atoms with Crippen LogP contribution in [0.5, 0.6) is 0 Å². The predicted octanol–water partition coefficient (Wildman–Crippen LogP) is 2.57. The normalized spacial score (nSPS) is 15.0. The quantitative estimate of drug-likeness (QED) is 0.714. The van der Waals surface area contributed by atoms with Crippen molar-refractivity contribution in [2.75, 3.05) is 25.2 Å². The lowest BCUT2D eigenvalue weighted by atomic mass is 10.1. The predicted molar refractivity (Wildman–Crippen MR) is 80.0 cm³/mol. The Morgan fingerprint density at radius 1 is 1.45 bits per heavy atom. The van der Waals surface area contributed by atoms with Crippen molar-refractivity contribution in [2.24, 2.45) is 0 Å². The van der Waals surface area contributed by atoms with Crippen molar-refractivity contribution in [3.8, 4) is 0 Å². The average molecular weight is 281 g/mol. The Kier molecular flexibility index (Phi) is 5.86. The number of rotatable bonds is 10. The molecule has 0 radical (unpaired) electrons. The van der Waals surface area contributed by atoms with E-state index in [2.05, 4.69) is 29.0 Å². The lowest BCUT2D eigenvalue weighted by Crippen LogP contribution is -2.37. The van der Waals surface area contributed by atoms with Gasteiger partial charge in [-0.15, -0.1) is 0 Å². The number of aromatic nitrogens is 1. The number of hydrogen-bond donors (Lipinski definition) is 1. The van der Waals surface area contributed by atoms with E-state index in [1.165, 1.54) is 12.8 Å². The van der Waals surface area contributed by atoms with E-state index in [4.69, 9.17) is 9.15 Å². The van der Waals surface area contributed by atoms with Crippen LogP contribution < -0.4 is 10.2 Å². The summed E-state index contributed by atoms with van der Waals surface area (Å²) in [5.74, 6) is 0. The van der Waals surface area contributed by atoms with Crippen LogP contribution in [0.15, 0.2) is 10.7 Å². The lowest BCUT2D eigenvalue weighted by Gasteiger charge is -2.28. The summed E-state index contributed by atoms with van der Waals surface area (Å²) >= 11 is 0. The summed E-state index contributed by atoms with van der Waals surface area (Å²) in [5.41, 5.74) is 0.986. The van der Waals surface area contributed by atoms with E-state index in [9.17, 15) is 0 Å². The zero-order valence-electron chi connectivity index (χ0n) is 12.9. The number of methoxy groups -OCH3 is 1. The van der Waals surface area contributed by atoms with Crippen molar-refractivity contribution in [1.82, 2.24) is 10.3 Å². The first-order valence-electron chi connectivity index (χ1n) is 7.71. The molecule has 5 heteroatoms. The Labute approximate surface area is 121 Å². The molecule has 1 N–H and O–H groups in total. The van der Waals surface area contributed by atoms with Crippen LogP contribution in [0.1, 0.15) is 45.2 Å². The third kappa shape index (κ3) is 4.21. The van der Waals surface area contributed by atoms with E-state index in [1.54, 1.807) is 13.4 Å². The number of nitrogens with one attached hydrogen (secondary N) is 1. The van der Waals surface area contributed by atoms with Gasteiger partial charge in [-0.1, -0.05) is 13.8 Å². The minimum absolute atomic E-state index is 0.452. The van der Waals surface area contributed by atoms with Gasteiger partial charge in [0.05, 0.1) is 12.3 Å². The third-order valence-corrected chi connectivity index (χ3v) is 3.85. The fraction of sp³-hybridized carbons (Fsp3) is 0.800. The summed E-state index contributed by atoms with van der Waals surface area (Å²) in [6.45, 7) is 6.71. The highest BCUT2D eigenvalue weighted by Gasteiger charge is 2.22. The van der Waals surface area contributed by atoms with Gasteiger partial charge in [0.25, 0.3) is 6.01 Å². The largest absolute Gasteiger partial charge is 0.432 e. The molecule has 1 aliphatic rings. The van der Waals surface area contributed by atoms with Crippen molar-refractivity contribution >= 4 is 6.01 Å². The molecule has 0 spiro atoms. The summed E-state index contributed by atoms with van der Waals surface area (Å²) < 4.78 is 10.9. The first-order valence-corrected chi connectivity index (χ1v) is 7.71. The van der Waals surface area contributed by atoms with Gasteiger partial charge in [0.2, 0.25) is 0 Å². The molecule has 0 amide bonds. The summed E-state index contributed by atoms with van der Waals surface area (Å²) in [4.78, 5) is 6.85. The van der Waals surface area contributed by atoms with E-state index < -0.39 is 0 Å². The minimum atomic E-state index is 0.452. The van der Waals surface area contributed by atoms with Gasteiger partial charge in [-0.25, -0.2) is 0 Å². The van der Waals surface area contributed by atoms with E-state index >= 15 is 0 Å². The highest BCUT2D eigenvalue weighted by molar-refractivity contribution is 5.29. The van der Waals surface area contributed by atoms with E-state index in [1.807, 2.05) is 0 Å². The smallest absolute Gasteiger partial charge is 0.297 e. The second-order valence-corrected chi connectivity index (χ2v) is 5.43. The fourth-order valence-corrected chi connectivity index (χ4v) is 2.40. The van der Waals surface area contributed by atoms with Crippen LogP contribution in [-0.2, 0) is 11.3 Å². The molecule has 0 bridgehead atoms. The standard InChI is InChI=1S/C15H27N3O2/c1-4-14(5-2)18(8-9-19-3)15-17-13(11-20-15)10-16-12-6-7-12/h11-12,14,16H,4-10H2,1-3H3. The molecule has 1 fully saturated rings. The van der Waals surface area contributed by atoms with Gasteiger partial charge in [-0.2, -0.15) is 4.98 Å². The number of ether oxygens (including phenoxy) is 1. The van der Waals surface area contributed by atoms with Gasteiger partial charge in [-0.05, 0) is 25.7 Å². The zero-order valence-corrected chi connectivity index (χ0v) is 12.9. The van der Waals surface area contributed by atoms with Crippen LogP contribution in [-0.4, -0.2) is 37.3 Å². The number of oxazole rings is 1. The summed E-state index contributed by atoms with van der Waals surface area (Å²) in [7, 11) is 1.73. The molecule has 0 unspecified atom stereocenters. The van der Waals surface area contributed by atoms with Crippen molar-refractivity contribution in [2.45, 2.75) is 58.2 Å². The Morgan fingerprint density at radius 2 is 2.20 bits per heavy atom. The van der Waals surface area contributed by atoms with Crippen LogP contribution in [0.25, 0.3) is 0 Å². The average Bonchev–Trinajstić information content (AvgIpc) is 3.19. The van der Waals surface area contributed by atoms with Gasteiger partial charge in [0, 0.05) is 32.3 Å². The van der Waals surface area contributed by atoms with Gasteiger partial charge in [0.15, 0.2) is 0 Å². The molecule has 114 valence electrons. The van der Waals surface area contributed by atoms with Crippen LogP contribution in [0.2, 0.25) is 0 Å². The highest BCUT2D eigenvalue weighted by atomic mass is 16.5. The van der Waals surface area contributed by atoms with Gasteiger partial charge < -0.3 is 19.4 Å². The summed E-state index contributed by atoms with van der Waals surface area (Å²) in [6.07, 6.45) is 6.51. The maximum atomic E-state index is 5.68. The van der Waals surface area contributed by atoms with E-state index in [-0.39, 0.29) is 0 Å². The molecule has 2 rings (SSSR count). The van der Waals surface area contributed by atoms with Gasteiger partial charge in [-0.3, -0.25) is 0 Å². The molecular formula is C15H27N3O2. The molecule has 1 aromatic rings. The van der Waals surface area contributed by atoms with E-state index in [0.29, 0.717) is 18.7 Å². The molecule has 1 heterocycles. The van der Waals surface area contributed by atoms with Crippen molar-refractivity contribution in [3.05, 3.63) is 12.0 Å². The molecule has 1 saturated carbocycles. The monoisotopic (exact) mass is 281 g/mol. The SMILES string of the molecule is CCC(CC)N(CCOC)c1nc(CNC2CC2)co1. The maximum absolute atomic E-state index is 5.68. The topological polar surface area (TPSA) is 50.5 Å². The number of hydrogen-bond acceptors (Lipinski definition) is 5. The summed E-state index contributed by atoms with van der Waals surface area (Å²) in [5, 5.41) is 3.46. The molecule has 0 aromatic carbocycles. The first-order chi connectivity index (χ1) is 9.78. The number of nitrogens with zero attached hydrogens (tertiary/aromatic N) is 2. The van der Waals surface area contributed by atoms with Gasteiger partial charge >= 0.3 is 0 Å². The molecule has 0 saturated heterocycles. The Hall–Kier alpha value is -1.07. The lowest BCUT2D eigenvalue weighted by molar-refractivity contribution is 0.201. The fourth-order valence-electron chi connectivity index (χ4n) is 2.40. The zero-order chi connectivity index (χ0) is 14.4. The molecule has 1 aromatic heterocycles. The van der Waals surface area contributed by atoms with Crippen molar-refractivity contribution in [1.29, 1.82) is 0 Å². The van der Waals surface area contributed by atoms with Crippen LogP contribution in [0, 0.1) is 0 Å². The van der Waals surface area contributed by atoms with Gasteiger partial charge in [0.1, 0.15) is 6.26 Å². The second-order valence-electron chi connectivity index (χ2n) is 5.43. The molecule has 20 heavy (non-hydrogen) atoms. The molecule has 0 aliphatic heterocycles. The van der Waals surface area contributed by atoms with Crippen molar-refractivity contribution in [3.63, 3.8) is 0 Å². The van der Waals surface area contributed by atoms with Crippen LogP contribution in [0.3, 0.4) is 0 Å². The Balaban J connectivity index is 1.98. The molecule has 1 aliphatic carbocycles. The minimum Gasteiger partial charge on any atom is -0.432 e. The molecule has 0 atom stereocenters. The molecule has 5 nitrogen and oxygen atoms in total. The Morgan fingerprint density at radius 3 is 2.80 bits per heavy atom. The second kappa shape index (κ2) is 7.64. The molecular weight excluding hydrogens is 254 g/mol. The highest BCUT2D eigenvalue weighted by Crippen LogP contribution is 2.22. The van der Waals surface area contributed by atoms with Crippen molar-refractivity contribution < 1.29 is 9.15 Å². The number of anilines is 1. The summed E-state index contributed by atoms with van der Waals surface area (Å²) in [6, 6.07) is 1.87. The first kappa shape index (κ1) is 15.3. The van der Waals surface area contributed by atoms with E-state index in [0.717, 1.165) is 37.6 Å². The Bertz CT molecular complexity index is 386. The van der Waals surface area contributed by atoms with Crippen LogP contribution in [0.4, 0.5) is 6.01 Å².